The molecule has 0 aromatic rings. The van der Waals surface area contributed by atoms with Crippen LogP contribution in [-0.4, -0.2) is 0 Å². The van der Waals surface area contributed by atoms with Gasteiger partial charge in [0.1, 0.15) is 0 Å². The zero-order valence-corrected chi connectivity index (χ0v) is 9.15. The first kappa shape index (κ1) is 8.59. The summed E-state index contributed by atoms with van der Waals surface area (Å²) in [5.41, 5.74) is 1.23. The van der Waals surface area contributed by atoms with Crippen molar-refractivity contribution >= 4 is 0 Å². The molecule has 70 valence electrons. The molecule has 0 nitrogen and oxygen atoms in total. The smallest absolute Gasteiger partial charge is 0.0294 e. The lowest BCUT2D eigenvalue weighted by Crippen LogP contribution is -2.40. The van der Waals surface area contributed by atoms with E-state index in [2.05, 4.69) is 34.6 Å². The minimum Gasteiger partial charge on any atom is -0.0599 e. The van der Waals surface area contributed by atoms with Crippen molar-refractivity contribution in [3.8, 4) is 0 Å². The molecule has 3 aliphatic rings. The predicted octanol–water partition coefficient (Wildman–Crippen LogP) is 3.71. The zero-order valence-electron chi connectivity index (χ0n) is 9.15. The average Bonchev–Trinajstić information content (AvgIpc) is 2.38. The van der Waals surface area contributed by atoms with Crippen LogP contribution < -0.4 is 0 Å². The second kappa shape index (κ2) is 2.08. The van der Waals surface area contributed by atoms with Crippen molar-refractivity contribution in [2.75, 3.05) is 0 Å². The van der Waals surface area contributed by atoms with E-state index in [1.54, 1.807) is 0 Å². The van der Waals surface area contributed by atoms with Gasteiger partial charge < -0.3 is 0 Å². The molecule has 3 unspecified atom stereocenters. The summed E-state index contributed by atoms with van der Waals surface area (Å²) in [6, 6.07) is 0. The van der Waals surface area contributed by atoms with E-state index in [0.29, 0.717) is 10.8 Å². The van der Waals surface area contributed by atoms with Crippen LogP contribution in [0.3, 0.4) is 0 Å². The molecular weight excluding hydrogens is 144 g/mol. The highest BCUT2D eigenvalue weighted by Crippen LogP contribution is 2.67. The van der Waals surface area contributed by atoms with Crippen LogP contribution in [0.15, 0.2) is 0 Å². The van der Waals surface area contributed by atoms with Gasteiger partial charge in [-0.25, -0.2) is 0 Å². The van der Waals surface area contributed by atoms with E-state index in [9.17, 15) is 0 Å². The van der Waals surface area contributed by atoms with Crippen molar-refractivity contribution in [1.29, 1.82) is 0 Å². The summed E-state index contributed by atoms with van der Waals surface area (Å²) in [5.74, 6) is 3.08. The first-order valence-electron chi connectivity index (χ1n) is 5.33. The first-order valence-corrected chi connectivity index (χ1v) is 5.33. The number of fused-ring (bicyclic) bond motifs is 1. The highest BCUT2D eigenvalue weighted by molar-refractivity contribution is 5.09. The highest BCUT2D eigenvalue weighted by Gasteiger charge is 2.60. The molecular formula is C12H22. The molecule has 0 N–H and O–H groups in total. The summed E-state index contributed by atoms with van der Waals surface area (Å²) < 4.78 is 0. The number of hydrogen-bond acceptors (Lipinski definition) is 0. The molecule has 0 heterocycles. The topological polar surface area (TPSA) is 0 Å². The summed E-state index contributed by atoms with van der Waals surface area (Å²) >= 11 is 0. The van der Waals surface area contributed by atoms with Gasteiger partial charge >= 0.3 is 0 Å². The molecule has 0 aliphatic heterocycles. The third-order valence-corrected chi connectivity index (χ3v) is 4.68. The molecule has 3 fully saturated rings. The van der Waals surface area contributed by atoms with Crippen LogP contribution in [0, 0.1) is 28.6 Å². The quantitative estimate of drug-likeness (QED) is 0.514. The molecule has 0 aromatic carbocycles. The van der Waals surface area contributed by atoms with Gasteiger partial charge in [0.05, 0.1) is 0 Å². The molecule has 0 heteroatoms. The minimum absolute atomic E-state index is 0.549. The van der Waals surface area contributed by atoms with Crippen LogP contribution in [0.2, 0.25) is 0 Å². The molecule has 12 heavy (non-hydrogen) atoms. The van der Waals surface area contributed by atoms with Crippen LogP contribution in [-0.2, 0) is 0 Å². The van der Waals surface area contributed by atoms with Gasteiger partial charge in [0.15, 0.2) is 0 Å². The highest BCUT2D eigenvalue weighted by atomic mass is 14.6. The molecule has 0 spiro atoms. The van der Waals surface area contributed by atoms with Crippen molar-refractivity contribution in [1.82, 2.24) is 0 Å². The van der Waals surface area contributed by atoms with E-state index in [1.165, 1.54) is 12.8 Å². The molecule has 3 rings (SSSR count). The Labute approximate surface area is 76.7 Å². The van der Waals surface area contributed by atoms with Gasteiger partial charge in [-0.05, 0) is 41.4 Å². The Balaban J connectivity index is 2.17. The lowest BCUT2D eigenvalue weighted by molar-refractivity contribution is 0.0192. The number of hydrogen-bond donors (Lipinski definition) is 0. The Bertz CT molecular complexity index is 195. The SMILES string of the molecule is CC(C)(C)C1CC2CC1C2(C)C. The summed E-state index contributed by atoms with van der Waals surface area (Å²) in [6.45, 7) is 12.2. The van der Waals surface area contributed by atoms with E-state index in [4.69, 9.17) is 0 Å². The maximum absolute atomic E-state index is 2.47. The minimum atomic E-state index is 0.549. The van der Waals surface area contributed by atoms with Crippen LogP contribution in [0.25, 0.3) is 0 Å². The maximum Gasteiger partial charge on any atom is -0.0294 e. The summed E-state index contributed by atoms with van der Waals surface area (Å²) in [7, 11) is 0. The second-order valence-corrected chi connectivity index (χ2v) is 6.57. The largest absolute Gasteiger partial charge is 0.0599 e. The molecule has 3 saturated carbocycles. The molecule has 0 saturated heterocycles. The Kier molecular flexibility index (Phi) is 1.49. The fourth-order valence-electron chi connectivity index (χ4n) is 3.57. The second-order valence-electron chi connectivity index (χ2n) is 6.57. The molecule has 0 amide bonds. The van der Waals surface area contributed by atoms with Gasteiger partial charge in [0.25, 0.3) is 0 Å². The zero-order chi connectivity index (χ0) is 9.15. The molecule has 2 bridgehead atoms. The van der Waals surface area contributed by atoms with Gasteiger partial charge in [0.2, 0.25) is 0 Å². The van der Waals surface area contributed by atoms with Crippen LogP contribution in [0.5, 0.6) is 0 Å². The third-order valence-electron chi connectivity index (χ3n) is 4.68. The van der Waals surface area contributed by atoms with Gasteiger partial charge in [0, 0.05) is 0 Å². The maximum atomic E-state index is 2.47. The third kappa shape index (κ3) is 0.900. The van der Waals surface area contributed by atoms with E-state index in [1.807, 2.05) is 0 Å². The summed E-state index contributed by atoms with van der Waals surface area (Å²) in [5, 5.41) is 0. The standard InChI is InChI=1S/C12H22/c1-11(2,3)9-6-8-7-10(9)12(8,4)5/h8-10H,6-7H2,1-5H3. The van der Waals surface area contributed by atoms with E-state index < -0.39 is 0 Å². The van der Waals surface area contributed by atoms with E-state index in [-0.39, 0.29) is 0 Å². The lowest BCUT2D eigenvalue weighted by Gasteiger charge is -2.47. The number of rotatable bonds is 0. The van der Waals surface area contributed by atoms with Gasteiger partial charge in [-0.3, -0.25) is 0 Å². The van der Waals surface area contributed by atoms with E-state index in [0.717, 1.165) is 17.8 Å². The van der Waals surface area contributed by atoms with Crippen molar-refractivity contribution in [3.05, 3.63) is 0 Å². The predicted molar refractivity (Wildman–Crippen MR) is 52.9 cm³/mol. The van der Waals surface area contributed by atoms with Gasteiger partial charge in [-0.2, -0.15) is 0 Å². The summed E-state index contributed by atoms with van der Waals surface area (Å²) in [6.07, 6.45) is 3.02. The van der Waals surface area contributed by atoms with Crippen LogP contribution in [0.4, 0.5) is 0 Å². The van der Waals surface area contributed by atoms with Crippen molar-refractivity contribution in [2.45, 2.75) is 47.5 Å². The normalized spacial score (nSPS) is 44.2. The van der Waals surface area contributed by atoms with Crippen molar-refractivity contribution in [3.63, 3.8) is 0 Å². The van der Waals surface area contributed by atoms with Crippen LogP contribution in [0.1, 0.15) is 47.5 Å². The molecule has 3 atom stereocenters. The Morgan fingerprint density at radius 1 is 1.08 bits per heavy atom. The van der Waals surface area contributed by atoms with Crippen LogP contribution >= 0.6 is 0 Å². The lowest BCUT2D eigenvalue weighted by atomic mass is 9.58. The fraction of sp³-hybridized carbons (Fsp3) is 1.00. The average molecular weight is 166 g/mol. The van der Waals surface area contributed by atoms with Crippen molar-refractivity contribution in [2.24, 2.45) is 28.6 Å². The Hall–Kier alpha value is 0. The van der Waals surface area contributed by atoms with Gasteiger partial charge in [-0.1, -0.05) is 34.6 Å². The van der Waals surface area contributed by atoms with E-state index >= 15 is 0 Å². The summed E-state index contributed by atoms with van der Waals surface area (Å²) in [4.78, 5) is 0. The van der Waals surface area contributed by atoms with Gasteiger partial charge in [-0.15, -0.1) is 0 Å². The van der Waals surface area contributed by atoms with Crippen molar-refractivity contribution < 1.29 is 0 Å². The molecule has 0 radical (unpaired) electrons. The molecule has 0 aromatic heterocycles. The fourth-order valence-corrected chi connectivity index (χ4v) is 3.57. The first-order chi connectivity index (χ1) is 5.33. The molecule has 3 aliphatic carbocycles. The monoisotopic (exact) mass is 166 g/mol. The Morgan fingerprint density at radius 2 is 1.67 bits per heavy atom. The Morgan fingerprint density at radius 3 is 1.83 bits per heavy atom.